The fourth-order valence-electron chi connectivity index (χ4n) is 3.17. The minimum Gasteiger partial charge on any atom is -0.490 e. The molecular weight excluding hydrogens is 428 g/mol. The molecule has 9 heteroatoms. The predicted molar refractivity (Wildman–Crippen MR) is 119 cm³/mol. The van der Waals surface area contributed by atoms with Gasteiger partial charge in [-0.1, -0.05) is 18.2 Å². The van der Waals surface area contributed by atoms with E-state index in [1.807, 2.05) is 10.6 Å². The summed E-state index contributed by atoms with van der Waals surface area (Å²) < 4.78 is 11.8. The molecule has 1 aliphatic heterocycles. The van der Waals surface area contributed by atoms with Gasteiger partial charge < -0.3 is 14.6 Å². The zero-order valence-corrected chi connectivity index (χ0v) is 17.8. The van der Waals surface area contributed by atoms with E-state index in [2.05, 4.69) is 6.58 Å². The van der Waals surface area contributed by atoms with Crippen molar-refractivity contribution in [2.24, 2.45) is 0 Å². The number of amides is 4. The van der Waals surface area contributed by atoms with Crippen molar-refractivity contribution in [3.63, 3.8) is 0 Å². The highest BCUT2D eigenvalue weighted by Gasteiger charge is 2.28. The summed E-state index contributed by atoms with van der Waals surface area (Å²) in [5.74, 6) is -1.73. The van der Waals surface area contributed by atoms with Gasteiger partial charge in [-0.15, -0.1) is 6.58 Å². The number of hydrogen-bond acceptors (Lipinski definition) is 6. The third-order valence-electron chi connectivity index (χ3n) is 4.66. The first-order valence-electron chi connectivity index (χ1n) is 10.1. The molecule has 0 aliphatic carbocycles. The Kier molecular flexibility index (Phi) is 7.24. The zero-order chi connectivity index (χ0) is 24.0. The highest BCUT2D eigenvalue weighted by molar-refractivity contribution is 6.31. The minimum absolute atomic E-state index is 0.164. The van der Waals surface area contributed by atoms with Crippen molar-refractivity contribution < 1.29 is 33.8 Å². The van der Waals surface area contributed by atoms with Crippen molar-refractivity contribution in [1.29, 1.82) is 0 Å². The Bertz CT molecular complexity index is 1130. The van der Waals surface area contributed by atoms with Gasteiger partial charge in [0.2, 0.25) is 0 Å². The number of benzene rings is 2. The molecule has 0 atom stereocenters. The molecule has 1 saturated heterocycles. The Labute approximate surface area is 189 Å². The van der Waals surface area contributed by atoms with Crippen molar-refractivity contribution in [2.45, 2.75) is 20.0 Å². The van der Waals surface area contributed by atoms with Crippen LogP contribution in [0.25, 0.3) is 6.08 Å². The van der Waals surface area contributed by atoms with E-state index in [4.69, 9.17) is 14.6 Å². The number of carbonyl (C=O) groups excluding carboxylic acids is 3. The van der Waals surface area contributed by atoms with E-state index in [0.717, 1.165) is 5.56 Å². The van der Waals surface area contributed by atoms with E-state index < -0.39 is 23.8 Å². The number of ether oxygens (including phenoxy) is 2. The van der Waals surface area contributed by atoms with E-state index in [1.54, 1.807) is 37.3 Å². The molecule has 0 spiro atoms. The molecule has 1 heterocycles. The van der Waals surface area contributed by atoms with Gasteiger partial charge in [0, 0.05) is 5.56 Å². The van der Waals surface area contributed by atoms with E-state index >= 15 is 0 Å². The van der Waals surface area contributed by atoms with Crippen molar-refractivity contribution >= 4 is 29.9 Å². The third kappa shape index (κ3) is 5.65. The molecule has 3 rings (SSSR count). The number of carboxylic acid groups (broad SMARTS) is 1. The average Bonchev–Trinajstić information content (AvgIpc) is 2.76. The number of rotatable bonds is 9. The van der Waals surface area contributed by atoms with Gasteiger partial charge in [0.1, 0.15) is 12.2 Å². The molecule has 2 aromatic rings. The average molecular weight is 450 g/mol. The van der Waals surface area contributed by atoms with Crippen LogP contribution in [0.5, 0.6) is 11.5 Å². The zero-order valence-electron chi connectivity index (χ0n) is 17.8. The Balaban J connectivity index is 1.94. The number of allylic oxidation sites excluding steroid dienone is 1. The van der Waals surface area contributed by atoms with E-state index in [9.17, 15) is 19.2 Å². The smallest absolute Gasteiger partial charge is 0.335 e. The van der Waals surface area contributed by atoms with Crippen molar-refractivity contribution in [1.82, 2.24) is 10.6 Å². The predicted octanol–water partition coefficient (Wildman–Crippen LogP) is 2.84. The van der Waals surface area contributed by atoms with Gasteiger partial charge in [0.25, 0.3) is 11.8 Å². The first kappa shape index (κ1) is 23.3. The van der Waals surface area contributed by atoms with Crippen LogP contribution in [0.15, 0.2) is 54.6 Å². The maximum absolute atomic E-state index is 12.1. The van der Waals surface area contributed by atoms with Gasteiger partial charge in [-0.05, 0) is 54.8 Å². The second-order valence-electron chi connectivity index (χ2n) is 7.02. The van der Waals surface area contributed by atoms with E-state index in [-0.39, 0.29) is 17.7 Å². The van der Waals surface area contributed by atoms with Gasteiger partial charge in [-0.25, -0.2) is 9.59 Å². The highest BCUT2D eigenvalue weighted by Crippen LogP contribution is 2.35. The lowest BCUT2D eigenvalue weighted by Crippen LogP contribution is -2.51. The summed E-state index contributed by atoms with van der Waals surface area (Å²) in [5, 5.41) is 13.1. The fourth-order valence-corrected chi connectivity index (χ4v) is 3.17. The molecule has 0 unspecified atom stereocenters. The van der Waals surface area contributed by atoms with E-state index in [0.29, 0.717) is 35.7 Å². The van der Waals surface area contributed by atoms with Crippen LogP contribution >= 0.6 is 0 Å². The van der Waals surface area contributed by atoms with Crippen molar-refractivity contribution in [3.05, 3.63) is 76.9 Å². The Morgan fingerprint density at radius 1 is 1.06 bits per heavy atom. The molecule has 170 valence electrons. The van der Waals surface area contributed by atoms with Crippen molar-refractivity contribution in [2.75, 3.05) is 6.61 Å². The molecule has 0 bridgehead atoms. The maximum Gasteiger partial charge on any atom is 0.335 e. The molecule has 3 N–H and O–H groups in total. The topological polar surface area (TPSA) is 131 Å². The number of carboxylic acids is 1. The molecule has 4 amide bonds. The van der Waals surface area contributed by atoms with Crippen LogP contribution in [0.1, 0.15) is 34.0 Å². The number of aromatic carboxylic acids is 1. The lowest BCUT2D eigenvalue weighted by molar-refractivity contribution is -0.123. The lowest BCUT2D eigenvalue weighted by atomic mass is 10.0. The number of barbiturate groups is 1. The quantitative estimate of drug-likeness (QED) is 0.304. The maximum atomic E-state index is 12.1. The number of nitrogens with one attached hydrogen (secondary N) is 2. The van der Waals surface area contributed by atoms with Gasteiger partial charge in [-0.3, -0.25) is 20.2 Å². The Morgan fingerprint density at radius 2 is 1.73 bits per heavy atom. The second kappa shape index (κ2) is 10.3. The molecule has 9 nitrogen and oxygen atoms in total. The summed E-state index contributed by atoms with van der Waals surface area (Å²) in [6, 6.07) is 8.81. The van der Waals surface area contributed by atoms with Gasteiger partial charge in [0.05, 0.1) is 12.2 Å². The minimum atomic E-state index is -1.01. The van der Waals surface area contributed by atoms with Crippen LogP contribution in [0.2, 0.25) is 0 Å². The summed E-state index contributed by atoms with van der Waals surface area (Å²) >= 11 is 0. The molecule has 0 radical (unpaired) electrons. The van der Waals surface area contributed by atoms with Crippen LogP contribution < -0.4 is 20.1 Å². The number of hydrogen-bond donors (Lipinski definition) is 3. The molecule has 1 fully saturated rings. The standard InChI is InChI=1S/C24H22N2O7/c1-3-5-17-10-15(11-18-21(27)25-24(31)26-22(18)28)12-19(32-4-2)20(17)33-13-14-6-8-16(9-7-14)23(29)30/h3,6-12H,1,4-5,13H2,2H3,(H,29,30)(H2,25,26,27,28,31). The first-order chi connectivity index (χ1) is 15.8. The number of carbonyl (C=O) groups is 4. The normalized spacial score (nSPS) is 13.1. The fraction of sp³-hybridized carbons (Fsp3) is 0.167. The number of urea groups is 1. The molecular formula is C24H22N2O7. The van der Waals surface area contributed by atoms with Crippen LogP contribution in [0.4, 0.5) is 4.79 Å². The summed E-state index contributed by atoms with van der Waals surface area (Å²) in [6.45, 7) is 6.07. The first-order valence-corrected chi connectivity index (χ1v) is 10.1. The Hall–Kier alpha value is -4.40. The summed E-state index contributed by atoms with van der Waals surface area (Å²) in [6.07, 6.45) is 3.46. The van der Waals surface area contributed by atoms with Gasteiger partial charge >= 0.3 is 12.0 Å². The van der Waals surface area contributed by atoms with Crippen LogP contribution in [-0.2, 0) is 22.6 Å². The molecule has 0 aromatic heterocycles. The van der Waals surface area contributed by atoms with Gasteiger partial charge in [-0.2, -0.15) is 0 Å². The van der Waals surface area contributed by atoms with E-state index in [1.165, 1.54) is 18.2 Å². The highest BCUT2D eigenvalue weighted by atomic mass is 16.5. The molecule has 2 aromatic carbocycles. The van der Waals surface area contributed by atoms with Crippen molar-refractivity contribution in [3.8, 4) is 11.5 Å². The van der Waals surface area contributed by atoms with Crippen LogP contribution in [0, 0.1) is 0 Å². The monoisotopic (exact) mass is 450 g/mol. The SMILES string of the molecule is C=CCc1cc(C=C2C(=O)NC(=O)NC2=O)cc(OCC)c1OCc1ccc(C(=O)O)cc1. The third-order valence-corrected chi connectivity index (χ3v) is 4.66. The Morgan fingerprint density at radius 3 is 2.30 bits per heavy atom. The molecule has 0 saturated carbocycles. The second-order valence-corrected chi connectivity index (χ2v) is 7.02. The summed E-state index contributed by atoms with van der Waals surface area (Å²) in [5.41, 5.74) is 1.93. The lowest BCUT2D eigenvalue weighted by Gasteiger charge is -2.18. The molecule has 33 heavy (non-hydrogen) atoms. The largest absolute Gasteiger partial charge is 0.490 e. The summed E-state index contributed by atoms with van der Waals surface area (Å²) in [7, 11) is 0. The molecule has 1 aliphatic rings. The number of imide groups is 2. The van der Waals surface area contributed by atoms with Gasteiger partial charge in [0.15, 0.2) is 11.5 Å². The van der Waals surface area contributed by atoms with Crippen LogP contribution in [-0.4, -0.2) is 35.5 Å². The summed E-state index contributed by atoms with van der Waals surface area (Å²) in [4.78, 5) is 46.4. The van der Waals surface area contributed by atoms with Crippen LogP contribution in [0.3, 0.4) is 0 Å².